The van der Waals surface area contributed by atoms with E-state index in [-0.39, 0.29) is 19.0 Å². The van der Waals surface area contributed by atoms with Crippen LogP contribution in [0.25, 0.3) is 0 Å². The van der Waals surface area contributed by atoms with Gasteiger partial charge in [0.05, 0.1) is 12.1 Å². The summed E-state index contributed by atoms with van der Waals surface area (Å²) in [5.41, 5.74) is 6.09. The van der Waals surface area contributed by atoms with Gasteiger partial charge in [0.15, 0.2) is 18.1 Å². The Labute approximate surface area is 141 Å². The van der Waals surface area contributed by atoms with Crippen molar-refractivity contribution in [2.75, 3.05) is 13.7 Å². The van der Waals surface area contributed by atoms with Crippen LogP contribution in [0.2, 0.25) is 5.02 Å². The van der Waals surface area contributed by atoms with Crippen LogP contribution >= 0.6 is 11.6 Å². The summed E-state index contributed by atoms with van der Waals surface area (Å²) < 4.78 is 10.6. The number of hydrogen-bond donors (Lipinski definition) is 2. The Hall–Kier alpha value is -1.17. The second kappa shape index (κ2) is 9.08. The van der Waals surface area contributed by atoms with Gasteiger partial charge in [0.1, 0.15) is 0 Å². The van der Waals surface area contributed by atoms with Gasteiger partial charge in [-0.2, -0.15) is 0 Å². The molecule has 1 aromatic rings. The smallest absolute Gasteiger partial charge is 0.255 e. The third kappa shape index (κ3) is 5.23. The van der Waals surface area contributed by atoms with Crippen molar-refractivity contribution in [3.63, 3.8) is 0 Å². The van der Waals surface area contributed by atoms with Gasteiger partial charge in [-0.05, 0) is 30.5 Å². The van der Waals surface area contributed by atoms with E-state index in [2.05, 4.69) is 5.32 Å². The number of carbonyl (C=O) groups excluding carboxylic acids is 1. The van der Waals surface area contributed by atoms with Crippen LogP contribution in [0.3, 0.4) is 0 Å². The number of carbonyl (C=O) groups is 1. The summed E-state index contributed by atoms with van der Waals surface area (Å²) in [6.45, 7) is 0.507. The van der Waals surface area contributed by atoms with Crippen LogP contribution in [0.4, 0.5) is 0 Å². The molecule has 0 radical (unpaired) electrons. The van der Waals surface area contributed by atoms with E-state index in [0.29, 0.717) is 22.6 Å². The van der Waals surface area contributed by atoms with Crippen LogP contribution in [-0.4, -0.2) is 25.7 Å². The molecule has 1 aliphatic carbocycles. The van der Waals surface area contributed by atoms with Crippen LogP contribution in [-0.2, 0) is 11.3 Å². The van der Waals surface area contributed by atoms with E-state index in [9.17, 15) is 4.79 Å². The number of rotatable bonds is 7. The highest BCUT2D eigenvalue weighted by molar-refractivity contribution is 6.32. The summed E-state index contributed by atoms with van der Waals surface area (Å²) in [6.07, 6.45) is 5.04. The van der Waals surface area contributed by atoms with E-state index in [0.717, 1.165) is 12.1 Å². The van der Waals surface area contributed by atoms with Crippen molar-refractivity contribution < 1.29 is 26.7 Å². The molecule has 0 aromatic heterocycles. The van der Waals surface area contributed by atoms with Crippen molar-refractivity contribution in [1.82, 2.24) is 5.32 Å². The molecule has 1 aliphatic rings. The van der Waals surface area contributed by atoms with E-state index in [1.165, 1.54) is 32.8 Å². The molecule has 5 nitrogen and oxygen atoms in total. The zero-order valence-corrected chi connectivity index (χ0v) is 14.0. The highest BCUT2D eigenvalue weighted by Crippen LogP contribution is 2.36. The predicted molar refractivity (Wildman–Crippen MR) is 81.8 cm³/mol. The number of ether oxygens (including phenoxy) is 2. The number of methoxy groups -OCH3 is 1. The maximum Gasteiger partial charge on any atom is 0.255 e. The maximum absolute atomic E-state index is 10.8. The number of benzene rings is 1. The van der Waals surface area contributed by atoms with Gasteiger partial charge in [-0.1, -0.05) is 24.4 Å². The lowest BCUT2D eigenvalue weighted by atomic mass is 10.1. The van der Waals surface area contributed by atoms with Crippen molar-refractivity contribution in [3.8, 4) is 11.5 Å². The highest BCUT2D eigenvalue weighted by atomic mass is 35.5. The molecule has 1 amide bonds. The molecule has 0 bridgehead atoms. The molecule has 1 fully saturated rings. The van der Waals surface area contributed by atoms with Crippen LogP contribution < -0.4 is 32.9 Å². The normalized spacial score (nSPS) is 14.5. The summed E-state index contributed by atoms with van der Waals surface area (Å²) in [7, 11) is 1.54. The fourth-order valence-corrected chi connectivity index (χ4v) is 2.84. The Morgan fingerprint density at radius 2 is 2.09 bits per heavy atom. The Morgan fingerprint density at radius 1 is 1.41 bits per heavy atom. The minimum Gasteiger partial charge on any atom is -1.00 e. The van der Waals surface area contributed by atoms with Crippen LogP contribution in [0.5, 0.6) is 11.5 Å². The first-order chi connectivity index (χ1) is 10.1. The fourth-order valence-electron chi connectivity index (χ4n) is 2.55. The van der Waals surface area contributed by atoms with Gasteiger partial charge in [-0.3, -0.25) is 4.79 Å². The molecule has 0 unspecified atom stereocenters. The average molecular weight is 348 g/mol. The third-order valence-corrected chi connectivity index (χ3v) is 3.88. The topological polar surface area (TPSA) is 73.6 Å². The lowest BCUT2D eigenvalue weighted by molar-refractivity contribution is -0.119. The lowest BCUT2D eigenvalue weighted by Crippen LogP contribution is -3.00. The number of amides is 1. The predicted octanol–water partition coefficient (Wildman–Crippen LogP) is -0.751. The number of nitrogens with two attached hydrogens (primary N) is 1. The summed E-state index contributed by atoms with van der Waals surface area (Å²) in [5.74, 6) is 0.301. The SMILES string of the molecule is COc1cc(CNC2CCCC2)cc(Cl)c1OCC(N)=O.[Cl-]. The Kier molecular flexibility index (Phi) is 7.79. The standard InChI is InChI=1S/C15H21ClN2O3.ClH/c1-20-13-7-10(8-18-11-4-2-3-5-11)6-12(16)15(13)21-9-14(17)19;/h6-7,11,18H,2-5,8-9H2,1H3,(H2,17,19);1H/p-1. The summed E-state index contributed by atoms with van der Waals surface area (Å²) in [6, 6.07) is 4.27. The molecule has 0 atom stereocenters. The molecule has 22 heavy (non-hydrogen) atoms. The zero-order valence-electron chi connectivity index (χ0n) is 12.5. The maximum atomic E-state index is 10.8. The second-order valence-electron chi connectivity index (χ2n) is 5.23. The number of primary amides is 1. The molecule has 0 heterocycles. The summed E-state index contributed by atoms with van der Waals surface area (Å²) in [5, 5.41) is 3.93. The molecule has 1 aromatic carbocycles. The van der Waals surface area contributed by atoms with E-state index >= 15 is 0 Å². The highest BCUT2D eigenvalue weighted by Gasteiger charge is 2.16. The quantitative estimate of drug-likeness (QED) is 0.680. The second-order valence-corrected chi connectivity index (χ2v) is 5.63. The van der Waals surface area contributed by atoms with Gasteiger partial charge in [0.2, 0.25) is 0 Å². The molecule has 1 saturated carbocycles. The fraction of sp³-hybridized carbons (Fsp3) is 0.533. The van der Waals surface area contributed by atoms with Crippen molar-refractivity contribution in [1.29, 1.82) is 0 Å². The Morgan fingerprint density at radius 3 is 2.68 bits per heavy atom. The number of halogens is 2. The van der Waals surface area contributed by atoms with E-state index < -0.39 is 5.91 Å². The van der Waals surface area contributed by atoms with E-state index in [1.54, 1.807) is 0 Å². The molecule has 7 heteroatoms. The average Bonchev–Trinajstić information content (AvgIpc) is 2.96. The first kappa shape index (κ1) is 18.9. The van der Waals surface area contributed by atoms with Gasteiger partial charge >= 0.3 is 0 Å². The molecule has 0 aliphatic heterocycles. The van der Waals surface area contributed by atoms with Gasteiger partial charge in [-0.15, -0.1) is 0 Å². The van der Waals surface area contributed by atoms with Gasteiger partial charge < -0.3 is 32.9 Å². The monoisotopic (exact) mass is 347 g/mol. The molecule has 0 spiro atoms. The number of nitrogens with one attached hydrogen (secondary N) is 1. The number of hydrogen-bond acceptors (Lipinski definition) is 4. The summed E-state index contributed by atoms with van der Waals surface area (Å²) >= 11 is 6.21. The van der Waals surface area contributed by atoms with Crippen molar-refractivity contribution >= 4 is 17.5 Å². The van der Waals surface area contributed by atoms with Crippen LogP contribution in [0.1, 0.15) is 31.2 Å². The zero-order chi connectivity index (χ0) is 15.2. The Balaban J connectivity index is 0.00000242. The van der Waals surface area contributed by atoms with Gasteiger partial charge in [0, 0.05) is 12.6 Å². The first-order valence-electron chi connectivity index (χ1n) is 7.11. The molecule has 0 saturated heterocycles. The summed E-state index contributed by atoms with van der Waals surface area (Å²) in [4.78, 5) is 10.8. The van der Waals surface area contributed by atoms with Crippen LogP contribution in [0, 0.1) is 0 Å². The van der Waals surface area contributed by atoms with Crippen LogP contribution in [0.15, 0.2) is 12.1 Å². The molecular weight excluding hydrogens is 327 g/mol. The molecule has 124 valence electrons. The minimum absolute atomic E-state index is 0. The molecular formula is C15H21Cl2N2O3-. The largest absolute Gasteiger partial charge is 1.00 e. The molecule has 3 N–H and O–H groups in total. The van der Waals surface area contributed by atoms with Crippen molar-refractivity contribution in [2.24, 2.45) is 5.73 Å². The minimum atomic E-state index is -0.555. The van der Waals surface area contributed by atoms with E-state index in [4.69, 9.17) is 26.8 Å². The Bertz CT molecular complexity index is 506. The van der Waals surface area contributed by atoms with Crippen molar-refractivity contribution in [2.45, 2.75) is 38.3 Å². The third-order valence-electron chi connectivity index (χ3n) is 3.60. The van der Waals surface area contributed by atoms with Crippen molar-refractivity contribution in [3.05, 3.63) is 22.7 Å². The van der Waals surface area contributed by atoms with Gasteiger partial charge in [-0.25, -0.2) is 0 Å². The lowest BCUT2D eigenvalue weighted by Gasteiger charge is -2.15. The van der Waals surface area contributed by atoms with Gasteiger partial charge in [0.25, 0.3) is 5.91 Å². The first-order valence-corrected chi connectivity index (χ1v) is 7.49. The van der Waals surface area contributed by atoms with E-state index in [1.807, 2.05) is 12.1 Å². The molecule has 2 rings (SSSR count).